The SMILES string of the molecule is COC(=O)C(C)S(=O)(=O)N1C(C)CNCC1C. The van der Waals surface area contributed by atoms with E-state index in [0.717, 1.165) is 0 Å². The van der Waals surface area contributed by atoms with Gasteiger partial charge < -0.3 is 10.1 Å². The largest absolute Gasteiger partial charge is 0.468 e. The molecule has 0 spiro atoms. The Bertz CT molecular complexity index is 372. The predicted octanol–water partition coefficient (Wildman–Crippen LogP) is -0.440. The van der Waals surface area contributed by atoms with E-state index in [0.29, 0.717) is 13.1 Å². The van der Waals surface area contributed by atoms with Gasteiger partial charge in [-0.05, 0) is 20.8 Å². The highest BCUT2D eigenvalue weighted by atomic mass is 32.2. The molecule has 1 aliphatic rings. The molecule has 0 aromatic rings. The number of hydrogen-bond donors (Lipinski definition) is 1. The fraction of sp³-hybridized carbons (Fsp3) is 0.900. The zero-order chi connectivity index (χ0) is 13.2. The molecule has 1 fully saturated rings. The molecule has 0 bridgehead atoms. The first kappa shape index (κ1) is 14.4. The molecule has 0 radical (unpaired) electrons. The molecule has 3 unspecified atom stereocenters. The van der Waals surface area contributed by atoms with Crippen molar-refractivity contribution in [3.63, 3.8) is 0 Å². The summed E-state index contributed by atoms with van der Waals surface area (Å²) in [5.41, 5.74) is 0. The molecule has 7 heteroatoms. The summed E-state index contributed by atoms with van der Waals surface area (Å²) in [6, 6.07) is -0.313. The van der Waals surface area contributed by atoms with E-state index in [-0.39, 0.29) is 12.1 Å². The highest BCUT2D eigenvalue weighted by molar-refractivity contribution is 7.90. The van der Waals surface area contributed by atoms with Crippen LogP contribution in [-0.2, 0) is 19.6 Å². The van der Waals surface area contributed by atoms with Crippen LogP contribution in [0.3, 0.4) is 0 Å². The summed E-state index contributed by atoms with van der Waals surface area (Å²) in [6.07, 6.45) is 0. The number of piperazine rings is 1. The maximum Gasteiger partial charge on any atom is 0.325 e. The van der Waals surface area contributed by atoms with Gasteiger partial charge in [0.05, 0.1) is 7.11 Å². The first-order valence-corrected chi connectivity index (χ1v) is 7.13. The van der Waals surface area contributed by atoms with Crippen molar-refractivity contribution >= 4 is 16.0 Å². The smallest absolute Gasteiger partial charge is 0.325 e. The van der Waals surface area contributed by atoms with E-state index in [1.807, 2.05) is 13.8 Å². The Morgan fingerprint density at radius 2 is 1.82 bits per heavy atom. The number of rotatable bonds is 3. The Morgan fingerprint density at radius 3 is 2.24 bits per heavy atom. The monoisotopic (exact) mass is 264 g/mol. The van der Waals surface area contributed by atoms with Gasteiger partial charge in [-0.3, -0.25) is 4.79 Å². The van der Waals surface area contributed by atoms with Crippen molar-refractivity contribution in [3.05, 3.63) is 0 Å². The first-order chi connectivity index (χ1) is 7.82. The molecule has 0 aromatic carbocycles. The van der Waals surface area contributed by atoms with Gasteiger partial charge in [0.25, 0.3) is 0 Å². The average molecular weight is 264 g/mol. The molecule has 100 valence electrons. The number of nitrogens with one attached hydrogen (secondary N) is 1. The summed E-state index contributed by atoms with van der Waals surface area (Å²) in [5.74, 6) is -0.720. The van der Waals surface area contributed by atoms with Gasteiger partial charge in [-0.2, -0.15) is 4.31 Å². The molecule has 17 heavy (non-hydrogen) atoms. The zero-order valence-electron chi connectivity index (χ0n) is 10.6. The molecule has 3 atom stereocenters. The van der Waals surface area contributed by atoms with Crippen LogP contribution in [0.5, 0.6) is 0 Å². The van der Waals surface area contributed by atoms with Crippen molar-refractivity contribution in [1.82, 2.24) is 9.62 Å². The number of sulfonamides is 1. The number of ether oxygens (including phenoxy) is 1. The molecular weight excluding hydrogens is 244 g/mol. The quantitative estimate of drug-likeness (QED) is 0.699. The topological polar surface area (TPSA) is 75.7 Å². The molecule has 1 N–H and O–H groups in total. The third-order valence-corrected chi connectivity index (χ3v) is 5.42. The van der Waals surface area contributed by atoms with Gasteiger partial charge in [0.15, 0.2) is 5.25 Å². The highest BCUT2D eigenvalue weighted by Gasteiger charge is 2.41. The van der Waals surface area contributed by atoms with Crippen LogP contribution >= 0.6 is 0 Å². The van der Waals surface area contributed by atoms with Crippen LogP contribution < -0.4 is 5.32 Å². The second kappa shape index (κ2) is 5.32. The lowest BCUT2D eigenvalue weighted by Crippen LogP contribution is -2.59. The number of methoxy groups -OCH3 is 1. The van der Waals surface area contributed by atoms with Crippen LogP contribution in [0.1, 0.15) is 20.8 Å². The Morgan fingerprint density at radius 1 is 1.35 bits per heavy atom. The molecule has 1 heterocycles. The molecule has 0 aromatic heterocycles. The molecule has 0 amide bonds. The predicted molar refractivity (Wildman–Crippen MR) is 64.0 cm³/mol. The number of nitrogens with zero attached hydrogens (tertiary/aromatic N) is 1. The maximum absolute atomic E-state index is 12.3. The fourth-order valence-corrected chi connectivity index (χ4v) is 3.94. The summed E-state index contributed by atoms with van der Waals surface area (Å²) in [4.78, 5) is 11.4. The number of esters is 1. The number of carbonyl (C=O) groups excluding carboxylic acids is 1. The van der Waals surface area contributed by atoms with Crippen LogP contribution in [-0.4, -0.2) is 56.2 Å². The van der Waals surface area contributed by atoms with E-state index in [4.69, 9.17) is 0 Å². The Kier molecular flexibility index (Phi) is 4.51. The fourth-order valence-electron chi connectivity index (χ4n) is 2.09. The van der Waals surface area contributed by atoms with E-state index in [1.165, 1.54) is 18.3 Å². The summed E-state index contributed by atoms with van der Waals surface area (Å²) >= 11 is 0. The summed E-state index contributed by atoms with van der Waals surface area (Å²) < 4.78 is 30.5. The first-order valence-electron chi connectivity index (χ1n) is 5.63. The molecule has 0 aliphatic carbocycles. The van der Waals surface area contributed by atoms with Crippen molar-refractivity contribution in [2.75, 3.05) is 20.2 Å². The van der Waals surface area contributed by atoms with Gasteiger partial charge >= 0.3 is 5.97 Å². The van der Waals surface area contributed by atoms with Gasteiger partial charge in [0.2, 0.25) is 10.0 Å². The second-order valence-corrected chi connectivity index (χ2v) is 6.56. The highest BCUT2D eigenvalue weighted by Crippen LogP contribution is 2.19. The van der Waals surface area contributed by atoms with E-state index in [2.05, 4.69) is 10.1 Å². The van der Waals surface area contributed by atoms with E-state index >= 15 is 0 Å². The van der Waals surface area contributed by atoms with Crippen LogP contribution in [0, 0.1) is 0 Å². The van der Waals surface area contributed by atoms with Crippen molar-refractivity contribution in [2.45, 2.75) is 38.1 Å². The maximum atomic E-state index is 12.3. The Balaban J connectivity index is 2.99. The van der Waals surface area contributed by atoms with Gasteiger partial charge in [-0.1, -0.05) is 0 Å². The van der Waals surface area contributed by atoms with E-state index < -0.39 is 21.2 Å². The van der Waals surface area contributed by atoms with Crippen LogP contribution in [0.4, 0.5) is 0 Å². The van der Waals surface area contributed by atoms with Crippen molar-refractivity contribution < 1.29 is 17.9 Å². The lowest BCUT2D eigenvalue weighted by Gasteiger charge is -2.39. The number of hydrogen-bond acceptors (Lipinski definition) is 5. The van der Waals surface area contributed by atoms with Crippen molar-refractivity contribution in [2.24, 2.45) is 0 Å². The summed E-state index contributed by atoms with van der Waals surface area (Å²) in [5, 5.41) is 1.99. The standard InChI is InChI=1S/C10H20N2O4S/c1-7-5-11-6-8(2)12(7)17(14,15)9(3)10(13)16-4/h7-9,11H,5-6H2,1-4H3. The second-order valence-electron chi connectivity index (χ2n) is 4.40. The summed E-state index contributed by atoms with van der Waals surface area (Å²) in [7, 11) is -2.46. The third-order valence-electron chi connectivity index (χ3n) is 3.02. The number of carbonyl (C=O) groups is 1. The van der Waals surface area contributed by atoms with Crippen molar-refractivity contribution in [1.29, 1.82) is 0 Å². The Hall–Kier alpha value is -0.660. The van der Waals surface area contributed by atoms with Crippen LogP contribution in [0.15, 0.2) is 0 Å². The third kappa shape index (κ3) is 2.78. The molecule has 6 nitrogen and oxygen atoms in total. The van der Waals surface area contributed by atoms with Gasteiger partial charge in [-0.25, -0.2) is 8.42 Å². The van der Waals surface area contributed by atoms with E-state index in [1.54, 1.807) is 0 Å². The van der Waals surface area contributed by atoms with Crippen molar-refractivity contribution in [3.8, 4) is 0 Å². The van der Waals surface area contributed by atoms with Crippen LogP contribution in [0.25, 0.3) is 0 Å². The lowest BCUT2D eigenvalue weighted by atomic mass is 10.2. The van der Waals surface area contributed by atoms with Gasteiger partial charge in [0.1, 0.15) is 0 Å². The van der Waals surface area contributed by atoms with Crippen LogP contribution in [0.2, 0.25) is 0 Å². The lowest BCUT2D eigenvalue weighted by molar-refractivity contribution is -0.139. The van der Waals surface area contributed by atoms with E-state index in [9.17, 15) is 13.2 Å². The molecule has 0 saturated carbocycles. The summed E-state index contributed by atoms with van der Waals surface area (Å²) in [6.45, 7) is 6.20. The molecule has 1 saturated heterocycles. The van der Waals surface area contributed by atoms with Gasteiger partial charge in [0, 0.05) is 25.2 Å². The molecule has 1 aliphatic heterocycles. The normalized spacial score (nSPS) is 28.7. The minimum Gasteiger partial charge on any atom is -0.468 e. The van der Waals surface area contributed by atoms with Gasteiger partial charge in [-0.15, -0.1) is 0 Å². The average Bonchev–Trinajstić information content (AvgIpc) is 2.26. The molecule has 1 rings (SSSR count). The minimum atomic E-state index is -3.65. The Labute approximate surface area is 102 Å². The zero-order valence-corrected chi connectivity index (χ0v) is 11.5. The molecular formula is C10H20N2O4S. The minimum absolute atomic E-state index is 0.157.